The molecule has 2 heterocycles. The number of pyridine rings is 1. The molecule has 3 rings (SSSR count). The Morgan fingerprint density at radius 3 is 2.57 bits per heavy atom. The van der Waals surface area contributed by atoms with Gasteiger partial charge in [0.25, 0.3) is 0 Å². The monoisotopic (exact) mass is 287 g/mol. The quantitative estimate of drug-likeness (QED) is 0.900. The first-order valence-corrected chi connectivity index (χ1v) is 8.55. The molecule has 3 nitrogen and oxygen atoms in total. The summed E-state index contributed by atoms with van der Waals surface area (Å²) in [6.07, 6.45) is 4.30. The van der Waals surface area contributed by atoms with Gasteiger partial charge in [-0.1, -0.05) is 26.3 Å². The van der Waals surface area contributed by atoms with Crippen LogP contribution in [-0.2, 0) is 6.54 Å². The first-order chi connectivity index (χ1) is 10.1. The van der Waals surface area contributed by atoms with Gasteiger partial charge in [0.2, 0.25) is 0 Å². The number of nitrogens with one attached hydrogen (secondary N) is 1. The largest absolute Gasteiger partial charge is 0.356 e. The fourth-order valence-corrected chi connectivity index (χ4v) is 3.86. The fraction of sp³-hybridized carbons (Fsp3) is 0.722. The summed E-state index contributed by atoms with van der Waals surface area (Å²) in [7, 11) is 0. The second kappa shape index (κ2) is 6.35. The van der Waals surface area contributed by atoms with Crippen LogP contribution in [0, 0.1) is 24.7 Å². The summed E-state index contributed by atoms with van der Waals surface area (Å²) in [5.74, 6) is 3.75. The molecule has 21 heavy (non-hydrogen) atoms. The van der Waals surface area contributed by atoms with E-state index < -0.39 is 0 Å². The number of nitrogens with zero attached hydrogens (tertiary/aromatic N) is 2. The van der Waals surface area contributed by atoms with Gasteiger partial charge in [0.15, 0.2) is 0 Å². The second-order valence-corrected chi connectivity index (χ2v) is 7.29. The summed E-state index contributed by atoms with van der Waals surface area (Å²) in [6, 6.07) is 4.49. The second-order valence-electron chi connectivity index (χ2n) is 7.29. The highest BCUT2D eigenvalue weighted by Crippen LogP contribution is 2.39. The minimum absolute atomic E-state index is 0.696. The van der Waals surface area contributed by atoms with E-state index in [0.29, 0.717) is 5.92 Å². The first kappa shape index (κ1) is 14.8. The molecule has 1 N–H and O–H groups in total. The van der Waals surface area contributed by atoms with Crippen LogP contribution >= 0.6 is 0 Å². The van der Waals surface area contributed by atoms with E-state index in [1.807, 2.05) is 0 Å². The van der Waals surface area contributed by atoms with E-state index in [0.717, 1.165) is 24.9 Å². The molecule has 1 aromatic rings. The number of aromatic nitrogens is 1. The number of hydrogen-bond donors (Lipinski definition) is 1. The number of hydrogen-bond acceptors (Lipinski definition) is 3. The summed E-state index contributed by atoms with van der Waals surface area (Å²) < 4.78 is 0. The van der Waals surface area contributed by atoms with Crippen molar-refractivity contribution in [2.45, 2.75) is 46.6 Å². The molecule has 0 bridgehead atoms. The van der Waals surface area contributed by atoms with E-state index in [-0.39, 0.29) is 0 Å². The molecule has 1 aliphatic heterocycles. The molecule has 1 aliphatic carbocycles. The summed E-state index contributed by atoms with van der Waals surface area (Å²) in [5, 5.41) is 3.51. The highest BCUT2D eigenvalue weighted by atomic mass is 15.2. The standard InChI is InChI=1S/C18H29N3/c1-13(2)9-19-10-15-7-8-18(20-14(15)3)21-11-16-5-4-6-17(16)12-21/h7-8,13,16-17,19H,4-6,9-12H2,1-3H3. The van der Waals surface area contributed by atoms with Crippen LogP contribution in [0.15, 0.2) is 12.1 Å². The Balaban J connectivity index is 1.61. The van der Waals surface area contributed by atoms with Crippen molar-refractivity contribution in [3.63, 3.8) is 0 Å². The molecule has 3 heteroatoms. The molecule has 0 radical (unpaired) electrons. The molecule has 2 unspecified atom stereocenters. The van der Waals surface area contributed by atoms with Gasteiger partial charge in [-0.05, 0) is 55.7 Å². The molecule has 2 atom stereocenters. The van der Waals surface area contributed by atoms with E-state index >= 15 is 0 Å². The smallest absolute Gasteiger partial charge is 0.128 e. The van der Waals surface area contributed by atoms with E-state index in [1.54, 1.807) is 0 Å². The average Bonchev–Trinajstić information content (AvgIpc) is 3.01. The zero-order chi connectivity index (χ0) is 14.8. The predicted molar refractivity (Wildman–Crippen MR) is 88.6 cm³/mol. The molecular formula is C18H29N3. The molecule has 2 fully saturated rings. The lowest BCUT2D eigenvalue weighted by Crippen LogP contribution is -2.23. The van der Waals surface area contributed by atoms with Crippen LogP contribution in [0.1, 0.15) is 44.4 Å². The fourth-order valence-electron chi connectivity index (χ4n) is 3.86. The van der Waals surface area contributed by atoms with Gasteiger partial charge < -0.3 is 10.2 Å². The molecule has 0 aromatic carbocycles. The Labute approximate surface area is 129 Å². The summed E-state index contributed by atoms with van der Waals surface area (Å²) >= 11 is 0. The topological polar surface area (TPSA) is 28.2 Å². The molecule has 2 aliphatic rings. The average molecular weight is 287 g/mol. The number of fused-ring (bicyclic) bond motifs is 1. The van der Waals surface area contributed by atoms with Gasteiger partial charge in [0.1, 0.15) is 5.82 Å². The van der Waals surface area contributed by atoms with E-state index in [1.165, 1.54) is 49.4 Å². The third-order valence-corrected chi connectivity index (χ3v) is 5.10. The molecule has 1 saturated heterocycles. The highest BCUT2D eigenvalue weighted by Gasteiger charge is 2.36. The Hall–Kier alpha value is -1.09. The molecule has 1 saturated carbocycles. The van der Waals surface area contributed by atoms with Crippen LogP contribution in [0.25, 0.3) is 0 Å². The van der Waals surface area contributed by atoms with E-state index in [9.17, 15) is 0 Å². The summed E-state index contributed by atoms with van der Waals surface area (Å²) in [4.78, 5) is 7.37. The third kappa shape index (κ3) is 3.39. The van der Waals surface area contributed by atoms with Crippen molar-refractivity contribution in [2.24, 2.45) is 17.8 Å². The molecule has 116 valence electrons. The zero-order valence-electron chi connectivity index (χ0n) is 13.7. The predicted octanol–water partition coefficient (Wildman–Crippen LogP) is 3.37. The zero-order valence-corrected chi connectivity index (χ0v) is 13.7. The van der Waals surface area contributed by atoms with Crippen LogP contribution < -0.4 is 10.2 Å². The van der Waals surface area contributed by atoms with Crippen molar-refractivity contribution in [2.75, 3.05) is 24.5 Å². The van der Waals surface area contributed by atoms with Gasteiger partial charge in [-0.2, -0.15) is 0 Å². The maximum Gasteiger partial charge on any atom is 0.128 e. The molecule has 0 spiro atoms. The van der Waals surface area contributed by atoms with Crippen molar-refractivity contribution < 1.29 is 0 Å². The minimum atomic E-state index is 0.696. The van der Waals surface area contributed by atoms with Crippen molar-refractivity contribution in [1.82, 2.24) is 10.3 Å². The van der Waals surface area contributed by atoms with Crippen LogP contribution in [0.4, 0.5) is 5.82 Å². The number of anilines is 1. The lowest BCUT2D eigenvalue weighted by Gasteiger charge is -2.20. The normalized spacial score (nSPS) is 24.9. The lowest BCUT2D eigenvalue weighted by atomic mass is 10.0. The third-order valence-electron chi connectivity index (χ3n) is 5.10. The van der Waals surface area contributed by atoms with Gasteiger partial charge in [-0.15, -0.1) is 0 Å². The van der Waals surface area contributed by atoms with Gasteiger partial charge in [0.05, 0.1) is 0 Å². The Kier molecular flexibility index (Phi) is 4.48. The van der Waals surface area contributed by atoms with Crippen molar-refractivity contribution in [3.05, 3.63) is 23.4 Å². The maximum atomic E-state index is 4.87. The highest BCUT2D eigenvalue weighted by molar-refractivity contribution is 5.43. The lowest BCUT2D eigenvalue weighted by molar-refractivity contribution is 0.494. The maximum absolute atomic E-state index is 4.87. The summed E-state index contributed by atoms with van der Waals surface area (Å²) in [5.41, 5.74) is 2.51. The van der Waals surface area contributed by atoms with E-state index in [4.69, 9.17) is 4.98 Å². The first-order valence-electron chi connectivity index (χ1n) is 8.55. The van der Waals surface area contributed by atoms with Crippen molar-refractivity contribution >= 4 is 5.82 Å². The molecule has 0 amide bonds. The Morgan fingerprint density at radius 2 is 1.95 bits per heavy atom. The van der Waals surface area contributed by atoms with Crippen molar-refractivity contribution in [3.8, 4) is 0 Å². The molecule has 1 aromatic heterocycles. The van der Waals surface area contributed by atoms with Crippen LogP contribution in [0.3, 0.4) is 0 Å². The van der Waals surface area contributed by atoms with Crippen molar-refractivity contribution in [1.29, 1.82) is 0 Å². The van der Waals surface area contributed by atoms with Crippen LogP contribution in [0.2, 0.25) is 0 Å². The number of aryl methyl sites for hydroxylation is 1. The molecular weight excluding hydrogens is 258 g/mol. The van der Waals surface area contributed by atoms with E-state index in [2.05, 4.69) is 43.1 Å². The number of rotatable bonds is 5. The Morgan fingerprint density at radius 1 is 1.24 bits per heavy atom. The van der Waals surface area contributed by atoms with Gasteiger partial charge in [-0.25, -0.2) is 4.98 Å². The summed E-state index contributed by atoms with van der Waals surface area (Å²) in [6.45, 7) is 11.1. The Bertz CT molecular complexity index is 471. The van der Waals surface area contributed by atoms with Gasteiger partial charge in [-0.3, -0.25) is 0 Å². The van der Waals surface area contributed by atoms with Crippen LogP contribution in [0.5, 0.6) is 0 Å². The minimum Gasteiger partial charge on any atom is -0.356 e. The van der Waals surface area contributed by atoms with Gasteiger partial charge in [0, 0.05) is 25.3 Å². The van der Waals surface area contributed by atoms with Gasteiger partial charge >= 0.3 is 0 Å². The van der Waals surface area contributed by atoms with Crippen LogP contribution in [-0.4, -0.2) is 24.6 Å². The SMILES string of the molecule is Cc1nc(N2CC3CCCC3C2)ccc1CNCC(C)C.